The number of hydrogen-bond acceptors (Lipinski definition) is 3. The van der Waals surface area contributed by atoms with Gasteiger partial charge in [-0.1, -0.05) is 13.8 Å². The SMILES string of the molecule is CCCNC(Cc1cc(CC)nc(C)n1)C1CC1. The Morgan fingerprint density at radius 2 is 2.00 bits per heavy atom. The third-order valence-corrected chi connectivity index (χ3v) is 3.58. The molecule has 0 saturated heterocycles. The number of aryl methyl sites for hydroxylation is 2. The number of nitrogens with zero attached hydrogens (tertiary/aromatic N) is 2. The highest BCUT2D eigenvalue weighted by molar-refractivity contribution is 5.13. The lowest BCUT2D eigenvalue weighted by Crippen LogP contribution is -2.34. The number of aromatic nitrogens is 2. The molecule has 1 aliphatic rings. The maximum absolute atomic E-state index is 4.59. The van der Waals surface area contributed by atoms with Crippen LogP contribution in [0.4, 0.5) is 0 Å². The molecule has 0 bridgehead atoms. The minimum atomic E-state index is 0.615. The minimum Gasteiger partial charge on any atom is -0.313 e. The van der Waals surface area contributed by atoms with E-state index < -0.39 is 0 Å². The first-order valence-corrected chi connectivity index (χ1v) is 7.29. The second-order valence-electron chi connectivity index (χ2n) is 5.35. The zero-order valence-corrected chi connectivity index (χ0v) is 11.9. The summed E-state index contributed by atoms with van der Waals surface area (Å²) < 4.78 is 0. The predicted octanol–water partition coefficient (Wildman–Crippen LogP) is 2.67. The maximum Gasteiger partial charge on any atom is 0.125 e. The van der Waals surface area contributed by atoms with Crippen molar-refractivity contribution in [3.8, 4) is 0 Å². The number of rotatable bonds is 7. The van der Waals surface area contributed by atoms with Crippen LogP contribution in [-0.2, 0) is 12.8 Å². The van der Waals surface area contributed by atoms with Gasteiger partial charge in [-0.15, -0.1) is 0 Å². The van der Waals surface area contributed by atoms with Crippen molar-refractivity contribution in [1.82, 2.24) is 15.3 Å². The van der Waals surface area contributed by atoms with Gasteiger partial charge in [-0.05, 0) is 51.1 Å². The van der Waals surface area contributed by atoms with Gasteiger partial charge in [-0.3, -0.25) is 0 Å². The lowest BCUT2D eigenvalue weighted by atomic mass is 10.1. The molecule has 0 radical (unpaired) electrons. The van der Waals surface area contributed by atoms with E-state index in [-0.39, 0.29) is 0 Å². The van der Waals surface area contributed by atoms with Gasteiger partial charge in [0.05, 0.1) is 0 Å². The minimum absolute atomic E-state index is 0.615. The molecule has 3 nitrogen and oxygen atoms in total. The Bertz CT molecular complexity index is 385. The smallest absolute Gasteiger partial charge is 0.125 e. The van der Waals surface area contributed by atoms with E-state index in [0.717, 1.165) is 31.1 Å². The maximum atomic E-state index is 4.59. The molecule has 0 amide bonds. The van der Waals surface area contributed by atoms with Gasteiger partial charge in [0.25, 0.3) is 0 Å². The zero-order chi connectivity index (χ0) is 13.0. The molecule has 1 aromatic heterocycles. The van der Waals surface area contributed by atoms with Crippen LogP contribution in [0, 0.1) is 12.8 Å². The summed E-state index contributed by atoms with van der Waals surface area (Å²) in [4.78, 5) is 9.04. The van der Waals surface area contributed by atoms with E-state index in [9.17, 15) is 0 Å². The number of hydrogen-bond donors (Lipinski definition) is 1. The first kappa shape index (κ1) is 13.5. The second kappa shape index (κ2) is 6.28. The predicted molar refractivity (Wildman–Crippen MR) is 74.7 cm³/mol. The van der Waals surface area contributed by atoms with Gasteiger partial charge in [-0.2, -0.15) is 0 Å². The molecule has 100 valence electrons. The Morgan fingerprint density at radius 3 is 2.61 bits per heavy atom. The Hall–Kier alpha value is -0.960. The first-order valence-electron chi connectivity index (χ1n) is 7.29. The Kier molecular flexibility index (Phi) is 4.70. The van der Waals surface area contributed by atoms with Crippen molar-refractivity contribution < 1.29 is 0 Å². The average molecular weight is 247 g/mol. The van der Waals surface area contributed by atoms with Crippen molar-refractivity contribution in [2.24, 2.45) is 5.92 Å². The van der Waals surface area contributed by atoms with Crippen molar-refractivity contribution >= 4 is 0 Å². The molecule has 1 N–H and O–H groups in total. The van der Waals surface area contributed by atoms with Gasteiger partial charge in [0.1, 0.15) is 5.82 Å². The fourth-order valence-electron chi connectivity index (χ4n) is 2.44. The van der Waals surface area contributed by atoms with Crippen LogP contribution in [0.25, 0.3) is 0 Å². The van der Waals surface area contributed by atoms with Crippen LogP contribution >= 0.6 is 0 Å². The molecule has 0 spiro atoms. The fraction of sp³-hybridized carbons (Fsp3) is 0.733. The largest absolute Gasteiger partial charge is 0.313 e. The molecule has 0 aromatic carbocycles. The quantitative estimate of drug-likeness (QED) is 0.805. The molecule has 1 unspecified atom stereocenters. The fourth-order valence-corrected chi connectivity index (χ4v) is 2.44. The lowest BCUT2D eigenvalue weighted by molar-refractivity contribution is 0.455. The monoisotopic (exact) mass is 247 g/mol. The lowest BCUT2D eigenvalue weighted by Gasteiger charge is -2.18. The van der Waals surface area contributed by atoms with Gasteiger partial charge >= 0.3 is 0 Å². The van der Waals surface area contributed by atoms with Crippen LogP contribution in [0.5, 0.6) is 0 Å². The van der Waals surface area contributed by atoms with E-state index >= 15 is 0 Å². The summed E-state index contributed by atoms with van der Waals surface area (Å²) in [5.74, 6) is 1.78. The molecule has 18 heavy (non-hydrogen) atoms. The zero-order valence-electron chi connectivity index (χ0n) is 11.9. The van der Waals surface area contributed by atoms with Crippen LogP contribution in [0.15, 0.2) is 6.07 Å². The summed E-state index contributed by atoms with van der Waals surface area (Å²) >= 11 is 0. The average Bonchev–Trinajstić information content (AvgIpc) is 3.18. The Morgan fingerprint density at radius 1 is 1.28 bits per heavy atom. The van der Waals surface area contributed by atoms with Crippen molar-refractivity contribution in [2.45, 2.75) is 58.9 Å². The van der Waals surface area contributed by atoms with Gasteiger partial charge in [0.2, 0.25) is 0 Å². The second-order valence-corrected chi connectivity index (χ2v) is 5.35. The highest BCUT2D eigenvalue weighted by atomic mass is 14.9. The summed E-state index contributed by atoms with van der Waals surface area (Å²) in [5.41, 5.74) is 2.38. The normalized spacial score (nSPS) is 16.8. The summed E-state index contributed by atoms with van der Waals surface area (Å²) in [5, 5.41) is 3.68. The topological polar surface area (TPSA) is 37.8 Å². The van der Waals surface area contributed by atoms with Crippen molar-refractivity contribution in [2.75, 3.05) is 6.54 Å². The van der Waals surface area contributed by atoms with E-state index in [1.54, 1.807) is 0 Å². The molecule has 3 heteroatoms. The molecule has 1 saturated carbocycles. The van der Waals surface area contributed by atoms with Crippen LogP contribution in [0.2, 0.25) is 0 Å². The van der Waals surface area contributed by atoms with Gasteiger partial charge in [0.15, 0.2) is 0 Å². The molecule has 2 rings (SSSR count). The van der Waals surface area contributed by atoms with E-state index in [1.807, 2.05) is 6.92 Å². The molecule has 1 aromatic rings. The Labute approximate surface area is 110 Å². The van der Waals surface area contributed by atoms with E-state index in [2.05, 4.69) is 35.2 Å². The molecule has 1 atom stereocenters. The van der Waals surface area contributed by atoms with Crippen LogP contribution in [0.3, 0.4) is 0 Å². The standard InChI is InChI=1S/C15H25N3/c1-4-8-16-15(12-6-7-12)10-14-9-13(5-2)17-11(3)18-14/h9,12,15-16H,4-8,10H2,1-3H3. The summed E-state index contributed by atoms with van der Waals surface area (Å²) in [7, 11) is 0. The molecule has 1 heterocycles. The molecular weight excluding hydrogens is 222 g/mol. The molecule has 0 aliphatic heterocycles. The third kappa shape index (κ3) is 3.77. The highest BCUT2D eigenvalue weighted by Gasteiger charge is 2.31. The van der Waals surface area contributed by atoms with E-state index in [4.69, 9.17) is 0 Å². The van der Waals surface area contributed by atoms with Crippen molar-refractivity contribution in [3.63, 3.8) is 0 Å². The summed E-state index contributed by atoms with van der Waals surface area (Å²) in [6.07, 6.45) is 6.01. The Balaban J connectivity index is 2.03. The first-order chi connectivity index (χ1) is 8.72. The molecule has 1 fully saturated rings. The molecule has 1 aliphatic carbocycles. The van der Waals surface area contributed by atoms with Crippen LogP contribution in [-0.4, -0.2) is 22.6 Å². The number of nitrogens with one attached hydrogen (secondary N) is 1. The van der Waals surface area contributed by atoms with Gasteiger partial charge in [-0.25, -0.2) is 9.97 Å². The van der Waals surface area contributed by atoms with Gasteiger partial charge < -0.3 is 5.32 Å². The van der Waals surface area contributed by atoms with E-state index in [1.165, 1.54) is 30.7 Å². The summed E-state index contributed by atoms with van der Waals surface area (Å²) in [6, 6.07) is 2.79. The van der Waals surface area contributed by atoms with Crippen molar-refractivity contribution in [1.29, 1.82) is 0 Å². The van der Waals surface area contributed by atoms with Crippen LogP contribution < -0.4 is 5.32 Å². The summed E-state index contributed by atoms with van der Waals surface area (Å²) in [6.45, 7) is 7.49. The van der Waals surface area contributed by atoms with Gasteiger partial charge in [0, 0.05) is 23.9 Å². The highest BCUT2D eigenvalue weighted by Crippen LogP contribution is 2.34. The molecular formula is C15H25N3. The van der Waals surface area contributed by atoms with E-state index in [0.29, 0.717) is 6.04 Å². The van der Waals surface area contributed by atoms with Crippen molar-refractivity contribution in [3.05, 3.63) is 23.3 Å². The van der Waals surface area contributed by atoms with Crippen LogP contribution in [0.1, 0.15) is 50.3 Å². The third-order valence-electron chi connectivity index (χ3n) is 3.58.